The molecule has 2 amide bonds. The lowest BCUT2D eigenvalue weighted by molar-refractivity contribution is -0.386. The summed E-state index contributed by atoms with van der Waals surface area (Å²) in [6.07, 6.45) is 1.84. The van der Waals surface area contributed by atoms with Gasteiger partial charge in [0.15, 0.2) is 11.5 Å². The minimum absolute atomic E-state index is 0.00996. The molecule has 0 aliphatic rings. The topological polar surface area (TPSA) is 225 Å². The third-order valence-electron chi connectivity index (χ3n) is 5.01. The van der Waals surface area contributed by atoms with Crippen LogP contribution in [-0.4, -0.2) is 76.7 Å². The fourth-order valence-corrected chi connectivity index (χ4v) is 3.37. The first-order chi connectivity index (χ1) is 19.1. The summed E-state index contributed by atoms with van der Waals surface area (Å²) in [7, 11) is 7.32. The molecule has 0 fully saturated rings. The van der Waals surface area contributed by atoms with Crippen LogP contribution in [0, 0.1) is 20.2 Å². The van der Waals surface area contributed by atoms with E-state index in [-0.39, 0.29) is 34.5 Å². The van der Waals surface area contributed by atoms with Gasteiger partial charge in [-0.15, -0.1) is 0 Å². The predicted octanol–water partition coefficient (Wildman–Crippen LogP) is 1.69. The number of benzene rings is 2. The molecular formula is C22H24N6O12. The minimum atomic E-state index is -1.01. The number of methoxy groups -OCH3 is 6. The Morgan fingerprint density at radius 1 is 0.650 bits per heavy atom. The van der Waals surface area contributed by atoms with Gasteiger partial charge in [0.2, 0.25) is 23.0 Å². The molecule has 2 N–H and O–H groups in total. The first-order valence-corrected chi connectivity index (χ1v) is 10.7. The summed E-state index contributed by atoms with van der Waals surface area (Å²) in [6.45, 7) is 0. The quantitative estimate of drug-likeness (QED) is 0.201. The molecule has 0 saturated carbocycles. The molecule has 0 heterocycles. The second-order valence-electron chi connectivity index (χ2n) is 7.04. The van der Waals surface area contributed by atoms with Crippen LogP contribution < -0.4 is 39.3 Å². The maximum absolute atomic E-state index is 12.6. The maximum atomic E-state index is 12.6. The van der Waals surface area contributed by atoms with Gasteiger partial charge >= 0.3 is 11.4 Å². The van der Waals surface area contributed by atoms with Crippen molar-refractivity contribution in [3.8, 4) is 34.5 Å². The van der Waals surface area contributed by atoms with Crippen molar-refractivity contribution in [3.63, 3.8) is 0 Å². The Morgan fingerprint density at radius 3 is 1.23 bits per heavy atom. The Labute approximate surface area is 225 Å². The highest BCUT2D eigenvalue weighted by Crippen LogP contribution is 2.47. The number of carbonyl (C=O) groups is 2. The van der Waals surface area contributed by atoms with Crippen LogP contribution in [0.4, 0.5) is 11.4 Å². The normalized spacial score (nSPS) is 10.7. The number of nitro groups is 2. The lowest BCUT2D eigenvalue weighted by atomic mass is 10.1. The number of hydrogen-bond donors (Lipinski definition) is 2. The molecule has 40 heavy (non-hydrogen) atoms. The van der Waals surface area contributed by atoms with Crippen molar-refractivity contribution in [2.24, 2.45) is 10.2 Å². The van der Waals surface area contributed by atoms with Gasteiger partial charge in [-0.05, 0) is 0 Å². The molecule has 0 aromatic heterocycles. The molecule has 2 aromatic carbocycles. The van der Waals surface area contributed by atoms with E-state index in [4.69, 9.17) is 28.4 Å². The maximum Gasteiger partial charge on any atom is 0.327 e. The van der Waals surface area contributed by atoms with Crippen LogP contribution in [-0.2, 0) is 0 Å². The van der Waals surface area contributed by atoms with Crippen molar-refractivity contribution in [2.75, 3.05) is 42.7 Å². The Balaban J connectivity index is 2.25. The van der Waals surface area contributed by atoms with Gasteiger partial charge in [0.1, 0.15) is 11.1 Å². The van der Waals surface area contributed by atoms with Crippen LogP contribution in [0.3, 0.4) is 0 Å². The van der Waals surface area contributed by atoms with E-state index in [1.165, 1.54) is 28.4 Å². The molecule has 0 aliphatic carbocycles. The largest absolute Gasteiger partial charge is 0.493 e. The Bertz CT molecular complexity index is 1270. The number of nitrogens with one attached hydrogen (secondary N) is 2. The average molecular weight is 564 g/mol. The standard InChI is InChI=1S/C22H24N6O12/c1-35-13-9-11(15(27(31)32)19(39-5)17(13)37-3)21(29)25-23-7-8-24-26-22(30)12-10-14(36-2)18(38-4)20(40-6)16(12)28(33)34/h7-10H,1-6H3,(H,25,29)(H,26,30)/b23-7-,24-8+. The van der Waals surface area contributed by atoms with Crippen molar-refractivity contribution >= 4 is 35.6 Å². The van der Waals surface area contributed by atoms with Crippen LogP contribution >= 0.6 is 0 Å². The second kappa shape index (κ2) is 13.7. The fourth-order valence-electron chi connectivity index (χ4n) is 3.37. The molecule has 18 heteroatoms. The number of amides is 2. The lowest BCUT2D eigenvalue weighted by Crippen LogP contribution is -2.21. The molecule has 0 saturated heterocycles. The van der Waals surface area contributed by atoms with Gasteiger partial charge in [-0.25, -0.2) is 10.9 Å². The summed E-state index contributed by atoms with van der Waals surface area (Å²) in [5.41, 5.74) is 1.83. The summed E-state index contributed by atoms with van der Waals surface area (Å²) in [5.74, 6) is -2.90. The van der Waals surface area contributed by atoms with Gasteiger partial charge in [0.25, 0.3) is 11.8 Å². The van der Waals surface area contributed by atoms with Gasteiger partial charge in [0, 0.05) is 12.1 Å². The third-order valence-corrected chi connectivity index (χ3v) is 5.01. The SMILES string of the molecule is COc1cc(C(=O)N/N=C\C=N\NC(=O)c2cc(OC)c(OC)c(OC)c2[N+](=O)[O-])c([N+](=O)[O-])c(OC)c1OC. The van der Waals surface area contributed by atoms with Gasteiger partial charge in [-0.1, -0.05) is 0 Å². The lowest BCUT2D eigenvalue weighted by Gasteiger charge is -2.14. The summed E-state index contributed by atoms with van der Waals surface area (Å²) in [5, 5.41) is 30.4. The minimum Gasteiger partial charge on any atom is -0.493 e. The van der Waals surface area contributed by atoms with Crippen molar-refractivity contribution in [1.82, 2.24) is 10.9 Å². The van der Waals surface area contributed by atoms with Gasteiger partial charge in [0.05, 0.1) is 64.9 Å². The van der Waals surface area contributed by atoms with Crippen LogP contribution in [0.1, 0.15) is 20.7 Å². The zero-order valence-electron chi connectivity index (χ0n) is 22.0. The molecular weight excluding hydrogens is 540 g/mol. The van der Waals surface area contributed by atoms with Crippen LogP contribution in [0.5, 0.6) is 34.5 Å². The van der Waals surface area contributed by atoms with Gasteiger partial charge in [-0.2, -0.15) is 10.2 Å². The Hall–Kier alpha value is -5.68. The molecule has 2 rings (SSSR count). The molecule has 0 spiro atoms. The van der Waals surface area contributed by atoms with E-state index in [1.807, 2.05) is 0 Å². The van der Waals surface area contributed by atoms with E-state index in [9.17, 15) is 29.8 Å². The summed E-state index contributed by atoms with van der Waals surface area (Å²) < 4.78 is 30.5. The smallest absolute Gasteiger partial charge is 0.327 e. The van der Waals surface area contributed by atoms with Crippen LogP contribution in [0.2, 0.25) is 0 Å². The van der Waals surface area contributed by atoms with Gasteiger partial charge < -0.3 is 28.4 Å². The number of rotatable bonds is 13. The second-order valence-corrected chi connectivity index (χ2v) is 7.04. The number of nitro benzene ring substituents is 2. The highest BCUT2D eigenvalue weighted by atomic mass is 16.6. The van der Waals surface area contributed by atoms with E-state index in [1.54, 1.807) is 0 Å². The number of ether oxygens (including phenoxy) is 6. The summed E-state index contributed by atoms with van der Waals surface area (Å²) in [6, 6.07) is 2.14. The van der Waals surface area contributed by atoms with Crippen molar-refractivity contribution < 1.29 is 47.9 Å². The van der Waals surface area contributed by atoms with Crippen LogP contribution in [0.25, 0.3) is 0 Å². The fraction of sp³-hybridized carbons (Fsp3) is 0.273. The molecule has 0 bridgehead atoms. The first kappa shape index (κ1) is 30.5. The van der Waals surface area contributed by atoms with E-state index in [2.05, 4.69) is 21.1 Å². The van der Waals surface area contributed by atoms with E-state index in [0.29, 0.717) is 0 Å². The molecule has 0 aliphatic heterocycles. The van der Waals surface area contributed by atoms with Crippen molar-refractivity contribution in [3.05, 3.63) is 43.5 Å². The number of carbonyl (C=O) groups excluding carboxylic acids is 2. The van der Waals surface area contributed by atoms with E-state index < -0.39 is 44.2 Å². The average Bonchev–Trinajstić information content (AvgIpc) is 2.95. The first-order valence-electron chi connectivity index (χ1n) is 10.7. The molecule has 2 aromatic rings. The molecule has 0 atom stereocenters. The monoisotopic (exact) mass is 564 g/mol. The number of nitrogens with zero attached hydrogens (tertiary/aromatic N) is 4. The number of hydrazone groups is 2. The molecule has 0 unspecified atom stereocenters. The molecule has 18 nitrogen and oxygen atoms in total. The number of hydrogen-bond acceptors (Lipinski definition) is 14. The summed E-state index contributed by atoms with van der Waals surface area (Å²) in [4.78, 5) is 46.8. The highest BCUT2D eigenvalue weighted by Gasteiger charge is 2.33. The summed E-state index contributed by atoms with van der Waals surface area (Å²) >= 11 is 0. The predicted molar refractivity (Wildman–Crippen MR) is 137 cm³/mol. The van der Waals surface area contributed by atoms with E-state index in [0.717, 1.165) is 38.8 Å². The molecule has 214 valence electrons. The van der Waals surface area contributed by atoms with Crippen molar-refractivity contribution in [2.45, 2.75) is 0 Å². The zero-order valence-corrected chi connectivity index (χ0v) is 22.0. The van der Waals surface area contributed by atoms with E-state index >= 15 is 0 Å². The van der Waals surface area contributed by atoms with Crippen molar-refractivity contribution in [1.29, 1.82) is 0 Å². The third kappa shape index (κ3) is 6.23. The highest BCUT2D eigenvalue weighted by molar-refractivity contribution is 6.16. The zero-order chi connectivity index (χ0) is 30.0. The Morgan fingerprint density at radius 2 is 0.975 bits per heavy atom. The van der Waals surface area contributed by atoms with Crippen LogP contribution in [0.15, 0.2) is 22.3 Å². The Kier molecular flexibility index (Phi) is 10.5. The van der Waals surface area contributed by atoms with Gasteiger partial charge in [-0.3, -0.25) is 29.8 Å². The molecule has 0 radical (unpaired) electrons.